The maximum atomic E-state index is 10.3. The van der Waals surface area contributed by atoms with Gasteiger partial charge in [-0.05, 0) is 24.0 Å². The molecule has 0 fully saturated rings. The zero-order valence-electron chi connectivity index (χ0n) is 6.10. The fraction of sp³-hybridized carbons (Fsp3) is 0.800. The number of hydrogen-bond acceptors (Lipinski definition) is 3. The number of azide groups is 1. The van der Waals surface area contributed by atoms with Gasteiger partial charge in [0.25, 0.3) is 0 Å². The highest BCUT2D eigenvalue weighted by Crippen LogP contribution is 2.04. The molecule has 11 heavy (non-hydrogen) atoms. The third-order valence-corrected chi connectivity index (χ3v) is 1.72. The molecule has 0 aromatic heterocycles. The van der Waals surface area contributed by atoms with E-state index in [2.05, 4.69) is 10.0 Å². The molecule has 0 aromatic rings. The van der Waals surface area contributed by atoms with E-state index in [1.165, 1.54) is 11.8 Å². The second-order valence-corrected chi connectivity index (χ2v) is 2.83. The smallest absolute Gasteiger partial charge is 0.312 e. The molecule has 0 aromatic carbocycles. The summed E-state index contributed by atoms with van der Waals surface area (Å²) in [6.07, 6.45) is 2.26. The number of aliphatic carboxylic acids is 1. The highest BCUT2D eigenvalue weighted by Gasteiger charge is 2.13. The summed E-state index contributed by atoms with van der Waals surface area (Å²) in [5.41, 5.74) is 7.97. The van der Waals surface area contributed by atoms with E-state index in [9.17, 15) is 4.79 Å². The Bertz CT molecular complexity index is 177. The SMILES string of the molecule is CSCCC(N=[N+]=[N-])C(=O)O. The van der Waals surface area contributed by atoms with Gasteiger partial charge in [0.2, 0.25) is 0 Å². The maximum Gasteiger partial charge on any atom is 0.312 e. The van der Waals surface area contributed by atoms with Gasteiger partial charge in [-0.1, -0.05) is 5.11 Å². The average molecular weight is 175 g/mol. The normalized spacial score (nSPS) is 11.7. The molecule has 1 atom stereocenters. The molecule has 5 nitrogen and oxygen atoms in total. The van der Waals surface area contributed by atoms with Gasteiger partial charge in [0.1, 0.15) is 6.04 Å². The topological polar surface area (TPSA) is 86.1 Å². The Hall–Kier alpha value is -0.870. The predicted molar refractivity (Wildman–Crippen MR) is 43.6 cm³/mol. The lowest BCUT2D eigenvalue weighted by molar-refractivity contribution is -0.138. The van der Waals surface area contributed by atoms with Gasteiger partial charge >= 0.3 is 5.97 Å². The van der Waals surface area contributed by atoms with E-state index in [1.54, 1.807) is 0 Å². The lowest BCUT2D eigenvalue weighted by Gasteiger charge is -2.02. The van der Waals surface area contributed by atoms with Gasteiger partial charge in [-0.25, -0.2) is 0 Å². The number of hydrogen-bond donors (Lipinski definition) is 1. The molecule has 1 N–H and O–H groups in total. The molecule has 0 spiro atoms. The Labute approximate surface area is 68.4 Å². The van der Waals surface area contributed by atoms with Crippen LogP contribution in [0.2, 0.25) is 0 Å². The van der Waals surface area contributed by atoms with Crippen LogP contribution < -0.4 is 0 Å². The Kier molecular flexibility index (Phi) is 5.42. The van der Waals surface area contributed by atoms with Crippen molar-refractivity contribution in [2.75, 3.05) is 12.0 Å². The molecule has 0 bridgehead atoms. The lowest BCUT2D eigenvalue weighted by atomic mass is 10.2. The molecule has 1 unspecified atom stereocenters. The summed E-state index contributed by atoms with van der Waals surface area (Å²) < 4.78 is 0. The van der Waals surface area contributed by atoms with Crippen LogP contribution in [0.15, 0.2) is 5.11 Å². The highest BCUT2D eigenvalue weighted by atomic mass is 32.2. The molecule has 0 radical (unpaired) electrons. The molecular weight excluding hydrogens is 166 g/mol. The fourth-order valence-corrected chi connectivity index (χ4v) is 0.981. The van der Waals surface area contributed by atoms with Crippen LogP contribution in [-0.4, -0.2) is 29.1 Å². The van der Waals surface area contributed by atoms with Crippen LogP contribution in [0.1, 0.15) is 6.42 Å². The zero-order chi connectivity index (χ0) is 8.69. The quantitative estimate of drug-likeness (QED) is 0.390. The van der Waals surface area contributed by atoms with Gasteiger partial charge in [0.15, 0.2) is 0 Å². The summed E-state index contributed by atoms with van der Waals surface area (Å²) in [7, 11) is 0. The third-order valence-electron chi connectivity index (χ3n) is 1.07. The maximum absolute atomic E-state index is 10.3. The first-order chi connectivity index (χ1) is 5.22. The summed E-state index contributed by atoms with van der Waals surface area (Å²) in [5, 5.41) is 11.6. The Morgan fingerprint density at radius 1 is 1.91 bits per heavy atom. The fourth-order valence-electron chi connectivity index (χ4n) is 0.522. The summed E-state index contributed by atoms with van der Waals surface area (Å²) in [5.74, 6) is -0.368. The monoisotopic (exact) mass is 175 g/mol. The van der Waals surface area contributed by atoms with Crippen molar-refractivity contribution in [3.8, 4) is 0 Å². The van der Waals surface area contributed by atoms with Crippen molar-refractivity contribution in [2.24, 2.45) is 5.11 Å². The Morgan fingerprint density at radius 3 is 2.91 bits per heavy atom. The van der Waals surface area contributed by atoms with E-state index in [0.29, 0.717) is 12.2 Å². The minimum Gasteiger partial charge on any atom is -0.481 e. The van der Waals surface area contributed by atoms with Gasteiger partial charge in [0.05, 0.1) is 0 Å². The average Bonchev–Trinajstić information content (AvgIpc) is 1.97. The predicted octanol–water partition coefficient (Wildman–Crippen LogP) is 1.50. The Balaban J connectivity index is 3.89. The van der Waals surface area contributed by atoms with Crippen LogP contribution in [0.3, 0.4) is 0 Å². The van der Waals surface area contributed by atoms with Gasteiger partial charge < -0.3 is 5.11 Å². The lowest BCUT2D eigenvalue weighted by Crippen LogP contribution is -2.17. The van der Waals surface area contributed by atoms with Crippen LogP contribution in [0.5, 0.6) is 0 Å². The Morgan fingerprint density at radius 2 is 2.55 bits per heavy atom. The second kappa shape index (κ2) is 5.88. The van der Waals surface area contributed by atoms with Crippen molar-refractivity contribution >= 4 is 17.7 Å². The van der Waals surface area contributed by atoms with Gasteiger partial charge in [0, 0.05) is 4.91 Å². The van der Waals surface area contributed by atoms with Crippen molar-refractivity contribution in [3.05, 3.63) is 10.4 Å². The molecule has 62 valence electrons. The number of nitrogens with zero attached hydrogens (tertiary/aromatic N) is 3. The van der Waals surface area contributed by atoms with Crippen molar-refractivity contribution in [2.45, 2.75) is 12.5 Å². The second-order valence-electron chi connectivity index (χ2n) is 1.84. The third kappa shape index (κ3) is 4.52. The summed E-state index contributed by atoms with van der Waals surface area (Å²) >= 11 is 1.53. The molecule has 0 aliphatic rings. The first-order valence-electron chi connectivity index (χ1n) is 2.98. The van der Waals surface area contributed by atoms with Crippen molar-refractivity contribution in [1.29, 1.82) is 0 Å². The summed E-state index contributed by atoms with van der Waals surface area (Å²) in [4.78, 5) is 12.8. The van der Waals surface area contributed by atoms with Gasteiger partial charge in [-0.3, -0.25) is 4.79 Å². The standard InChI is InChI=1S/C5H9N3O2S/c1-11-3-2-4(5(9)10)7-8-6/h4H,2-3H2,1H3,(H,9,10). The highest BCUT2D eigenvalue weighted by molar-refractivity contribution is 7.98. The molecule has 6 heteroatoms. The van der Waals surface area contributed by atoms with Crippen molar-refractivity contribution in [1.82, 2.24) is 0 Å². The van der Waals surface area contributed by atoms with Crippen LogP contribution in [0, 0.1) is 0 Å². The van der Waals surface area contributed by atoms with Gasteiger partial charge in [-0.2, -0.15) is 11.8 Å². The molecule has 0 heterocycles. The van der Waals surface area contributed by atoms with Crippen LogP contribution in [-0.2, 0) is 4.79 Å². The molecular formula is C5H9N3O2S. The van der Waals surface area contributed by atoms with E-state index in [1.807, 2.05) is 6.26 Å². The molecule has 0 aliphatic heterocycles. The number of carboxylic acid groups (broad SMARTS) is 1. The van der Waals surface area contributed by atoms with E-state index in [4.69, 9.17) is 10.6 Å². The largest absolute Gasteiger partial charge is 0.481 e. The molecule has 0 rings (SSSR count). The van der Waals surface area contributed by atoms with E-state index in [0.717, 1.165) is 0 Å². The molecule has 0 aliphatic carbocycles. The van der Waals surface area contributed by atoms with Gasteiger partial charge in [-0.15, -0.1) is 0 Å². The van der Waals surface area contributed by atoms with Crippen molar-refractivity contribution < 1.29 is 9.90 Å². The minimum absolute atomic E-state index is 0.389. The number of carbonyl (C=O) groups is 1. The summed E-state index contributed by atoms with van der Waals surface area (Å²) in [6.45, 7) is 0. The van der Waals surface area contributed by atoms with Crippen LogP contribution >= 0.6 is 11.8 Å². The number of thioether (sulfide) groups is 1. The van der Waals surface area contributed by atoms with E-state index >= 15 is 0 Å². The molecule has 0 amide bonds. The zero-order valence-corrected chi connectivity index (χ0v) is 6.91. The van der Waals surface area contributed by atoms with Crippen LogP contribution in [0.4, 0.5) is 0 Å². The minimum atomic E-state index is -1.06. The molecule has 0 saturated heterocycles. The number of carboxylic acids is 1. The summed E-state index contributed by atoms with van der Waals surface area (Å²) in [6, 6.07) is -0.910. The first-order valence-corrected chi connectivity index (χ1v) is 4.37. The van der Waals surface area contributed by atoms with E-state index in [-0.39, 0.29) is 0 Å². The first kappa shape index (κ1) is 10.1. The molecule has 0 saturated carbocycles. The van der Waals surface area contributed by atoms with Crippen molar-refractivity contribution in [3.63, 3.8) is 0 Å². The van der Waals surface area contributed by atoms with E-state index < -0.39 is 12.0 Å². The van der Waals surface area contributed by atoms with Crippen LogP contribution in [0.25, 0.3) is 10.4 Å². The number of rotatable bonds is 5.